The van der Waals surface area contributed by atoms with E-state index in [9.17, 15) is 0 Å². The number of phenols is 3. The highest BCUT2D eigenvalue weighted by atomic mass is 16.3. The number of fused-ring (bicyclic) bond motifs is 1. The van der Waals surface area contributed by atoms with Gasteiger partial charge in [-0.05, 0) is 62.2 Å². The van der Waals surface area contributed by atoms with E-state index in [1.165, 1.54) is 34.2 Å². The van der Waals surface area contributed by atoms with Crippen molar-refractivity contribution in [2.24, 2.45) is 0 Å². The average molecular weight is 363 g/mol. The van der Waals surface area contributed by atoms with Gasteiger partial charge in [0.05, 0.1) is 0 Å². The molecule has 0 aliphatic heterocycles. The van der Waals surface area contributed by atoms with E-state index >= 15 is 0 Å². The number of benzene rings is 3. The van der Waals surface area contributed by atoms with Gasteiger partial charge in [-0.25, -0.2) is 0 Å². The first-order valence-electron chi connectivity index (χ1n) is 8.63. The van der Waals surface area contributed by atoms with E-state index in [0.29, 0.717) is 5.75 Å². The molecule has 3 aromatic carbocycles. The van der Waals surface area contributed by atoms with Gasteiger partial charge in [0.1, 0.15) is 5.75 Å². The van der Waals surface area contributed by atoms with Crippen LogP contribution in [0.2, 0.25) is 0 Å². The normalized spacial score (nSPS) is 9.74. The number of aromatic amines is 1. The van der Waals surface area contributed by atoms with E-state index in [0.717, 1.165) is 5.56 Å². The second-order valence-electron chi connectivity index (χ2n) is 6.34. The van der Waals surface area contributed by atoms with Gasteiger partial charge in [-0.15, -0.1) is 0 Å². The van der Waals surface area contributed by atoms with Crippen LogP contribution >= 0.6 is 0 Å². The fourth-order valence-electron chi connectivity index (χ4n) is 2.39. The minimum Gasteiger partial charge on any atom is -0.508 e. The molecule has 4 heteroatoms. The zero-order chi connectivity index (χ0) is 19.8. The molecule has 4 aromatic rings. The molecular formula is C23H25NO3. The van der Waals surface area contributed by atoms with Gasteiger partial charge in [0, 0.05) is 17.1 Å². The van der Waals surface area contributed by atoms with E-state index in [1.807, 2.05) is 38.2 Å². The van der Waals surface area contributed by atoms with E-state index in [4.69, 9.17) is 15.3 Å². The summed E-state index contributed by atoms with van der Waals surface area (Å²) < 4.78 is 0. The molecule has 0 spiro atoms. The third-order valence-corrected chi connectivity index (χ3v) is 3.96. The lowest BCUT2D eigenvalue weighted by Crippen LogP contribution is -1.70. The van der Waals surface area contributed by atoms with Crippen molar-refractivity contribution in [3.8, 4) is 17.2 Å². The Balaban J connectivity index is 0.000000146. The van der Waals surface area contributed by atoms with Crippen molar-refractivity contribution in [3.05, 3.63) is 89.6 Å². The summed E-state index contributed by atoms with van der Waals surface area (Å²) in [6.45, 7) is 5.94. The molecule has 0 amide bonds. The van der Waals surface area contributed by atoms with Gasteiger partial charge in [-0.1, -0.05) is 42.0 Å². The molecule has 0 aliphatic carbocycles. The average Bonchev–Trinajstić information content (AvgIpc) is 3.04. The highest BCUT2D eigenvalue weighted by Crippen LogP contribution is 2.23. The molecule has 4 nitrogen and oxygen atoms in total. The zero-order valence-corrected chi connectivity index (χ0v) is 15.8. The molecule has 0 atom stereocenters. The number of hydrogen-bond donors (Lipinski definition) is 4. The first-order valence-corrected chi connectivity index (χ1v) is 8.63. The molecule has 0 fully saturated rings. The van der Waals surface area contributed by atoms with Gasteiger partial charge in [0.15, 0.2) is 11.5 Å². The second kappa shape index (κ2) is 9.34. The summed E-state index contributed by atoms with van der Waals surface area (Å²) >= 11 is 0. The lowest BCUT2D eigenvalue weighted by molar-refractivity contribution is 0.403. The van der Waals surface area contributed by atoms with Crippen molar-refractivity contribution in [1.29, 1.82) is 0 Å². The fourth-order valence-corrected chi connectivity index (χ4v) is 2.39. The predicted octanol–water partition coefficient (Wildman–Crippen LogP) is 5.58. The van der Waals surface area contributed by atoms with Gasteiger partial charge in [-0.3, -0.25) is 0 Å². The van der Waals surface area contributed by atoms with Crippen LogP contribution in [-0.2, 0) is 0 Å². The first kappa shape index (κ1) is 19.9. The molecule has 0 saturated heterocycles. The van der Waals surface area contributed by atoms with Crippen molar-refractivity contribution < 1.29 is 15.3 Å². The molecule has 1 aromatic heterocycles. The zero-order valence-electron chi connectivity index (χ0n) is 15.8. The van der Waals surface area contributed by atoms with Crippen LogP contribution in [0.25, 0.3) is 10.9 Å². The van der Waals surface area contributed by atoms with Crippen LogP contribution in [0.3, 0.4) is 0 Å². The smallest absolute Gasteiger partial charge is 0.157 e. The molecule has 4 N–H and O–H groups in total. The molecule has 0 saturated carbocycles. The number of para-hydroxylation sites is 1. The first-order chi connectivity index (χ1) is 12.9. The van der Waals surface area contributed by atoms with Crippen LogP contribution in [0.4, 0.5) is 0 Å². The number of hydrogen-bond acceptors (Lipinski definition) is 3. The highest BCUT2D eigenvalue weighted by molar-refractivity contribution is 5.82. The number of phenolic OH excluding ortho intramolecular Hbond substituents is 3. The molecule has 0 bridgehead atoms. The molecule has 1 heterocycles. The van der Waals surface area contributed by atoms with Crippen molar-refractivity contribution in [2.75, 3.05) is 0 Å². The minimum absolute atomic E-state index is 0.0602. The Hall–Kier alpha value is -3.40. The van der Waals surface area contributed by atoms with Crippen LogP contribution in [-0.4, -0.2) is 20.3 Å². The molecule has 0 aliphatic rings. The Morgan fingerprint density at radius 2 is 1.30 bits per heavy atom. The van der Waals surface area contributed by atoms with E-state index in [-0.39, 0.29) is 11.5 Å². The lowest BCUT2D eigenvalue weighted by Gasteiger charge is -1.95. The third-order valence-electron chi connectivity index (χ3n) is 3.96. The maximum atomic E-state index is 8.85. The number of aryl methyl sites for hydroxylation is 3. The topological polar surface area (TPSA) is 76.5 Å². The summed E-state index contributed by atoms with van der Waals surface area (Å²) in [5.74, 6) is 0.200. The summed E-state index contributed by atoms with van der Waals surface area (Å²) in [7, 11) is 0. The van der Waals surface area contributed by atoms with Crippen molar-refractivity contribution in [2.45, 2.75) is 20.8 Å². The van der Waals surface area contributed by atoms with Gasteiger partial charge < -0.3 is 20.3 Å². The van der Waals surface area contributed by atoms with E-state index in [1.54, 1.807) is 18.2 Å². The molecule has 27 heavy (non-hydrogen) atoms. The van der Waals surface area contributed by atoms with Crippen LogP contribution < -0.4 is 0 Å². The Kier molecular flexibility index (Phi) is 6.89. The highest BCUT2D eigenvalue weighted by Gasteiger charge is 1.95. The number of aromatic hydroxyl groups is 3. The standard InChI is InChI=1S/C9H9N.C7H8O2.C7H8O/c1-7-6-10-9-5-3-2-4-8(7)9;1-5-2-3-6(8)7(9)4-5;1-6-2-4-7(8)5-3-6/h2-6,10H,1H3;2-4,8-9H,1H3;2-5,8H,1H3. The van der Waals surface area contributed by atoms with Gasteiger partial charge in [0.2, 0.25) is 0 Å². The van der Waals surface area contributed by atoms with E-state index < -0.39 is 0 Å². The predicted molar refractivity (Wildman–Crippen MR) is 110 cm³/mol. The fraction of sp³-hybridized carbons (Fsp3) is 0.130. The number of H-pyrrole nitrogens is 1. The number of aromatic nitrogens is 1. The summed E-state index contributed by atoms with van der Waals surface area (Å²) in [6, 6.07) is 20.1. The second-order valence-corrected chi connectivity index (χ2v) is 6.34. The molecule has 140 valence electrons. The van der Waals surface area contributed by atoms with Gasteiger partial charge in [-0.2, -0.15) is 0 Å². The Bertz CT molecular complexity index is 967. The monoisotopic (exact) mass is 363 g/mol. The van der Waals surface area contributed by atoms with Crippen LogP contribution in [0.1, 0.15) is 16.7 Å². The SMILES string of the molecule is Cc1c[nH]c2ccccc12.Cc1ccc(O)c(O)c1.Cc1ccc(O)cc1. The lowest BCUT2D eigenvalue weighted by atomic mass is 10.2. The summed E-state index contributed by atoms with van der Waals surface area (Å²) in [5.41, 5.74) is 4.64. The molecule has 4 rings (SSSR count). The van der Waals surface area contributed by atoms with E-state index in [2.05, 4.69) is 30.1 Å². The van der Waals surface area contributed by atoms with Crippen molar-refractivity contribution in [3.63, 3.8) is 0 Å². The van der Waals surface area contributed by atoms with Crippen molar-refractivity contribution >= 4 is 10.9 Å². The Labute approximate surface area is 159 Å². The van der Waals surface area contributed by atoms with Crippen LogP contribution in [0.15, 0.2) is 72.9 Å². The third kappa shape index (κ3) is 6.12. The van der Waals surface area contributed by atoms with Crippen molar-refractivity contribution in [1.82, 2.24) is 4.98 Å². The quantitative estimate of drug-likeness (QED) is 0.308. The maximum absolute atomic E-state index is 8.85. The maximum Gasteiger partial charge on any atom is 0.157 e. The largest absolute Gasteiger partial charge is 0.508 e. The summed E-state index contributed by atoms with van der Waals surface area (Å²) in [4.78, 5) is 3.19. The Morgan fingerprint density at radius 3 is 1.85 bits per heavy atom. The molecule has 0 unspecified atom stereocenters. The van der Waals surface area contributed by atoms with Crippen LogP contribution in [0.5, 0.6) is 17.2 Å². The molecular weight excluding hydrogens is 338 g/mol. The minimum atomic E-state index is -0.0689. The summed E-state index contributed by atoms with van der Waals surface area (Å²) in [5, 5.41) is 27.7. The molecule has 0 radical (unpaired) electrons. The Morgan fingerprint density at radius 1 is 0.667 bits per heavy atom. The summed E-state index contributed by atoms with van der Waals surface area (Å²) in [6.07, 6.45) is 2.03. The van der Waals surface area contributed by atoms with Crippen LogP contribution in [0, 0.1) is 20.8 Å². The van der Waals surface area contributed by atoms with Gasteiger partial charge >= 0.3 is 0 Å². The number of rotatable bonds is 0. The number of nitrogens with one attached hydrogen (secondary N) is 1. The van der Waals surface area contributed by atoms with Gasteiger partial charge in [0.25, 0.3) is 0 Å².